The Morgan fingerprint density at radius 1 is 1.24 bits per heavy atom. The molecule has 1 unspecified atom stereocenters. The number of nitrogens with zero attached hydrogens (tertiary/aromatic N) is 2. The minimum absolute atomic E-state index is 0. The Labute approximate surface area is 157 Å². The van der Waals surface area contributed by atoms with Gasteiger partial charge in [-0.25, -0.2) is 0 Å². The summed E-state index contributed by atoms with van der Waals surface area (Å²) in [5.74, 6) is 1.05. The zero-order chi connectivity index (χ0) is 16.9. The molecule has 2 saturated heterocycles. The molecule has 0 bridgehead atoms. The third-order valence-corrected chi connectivity index (χ3v) is 4.86. The van der Waals surface area contributed by atoms with Gasteiger partial charge >= 0.3 is 0 Å². The molecule has 0 spiro atoms. The van der Waals surface area contributed by atoms with E-state index in [1.54, 1.807) is 0 Å². The van der Waals surface area contributed by atoms with E-state index in [9.17, 15) is 4.79 Å². The molecule has 2 aliphatic heterocycles. The van der Waals surface area contributed by atoms with Crippen LogP contribution in [0.1, 0.15) is 25.8 Å². The first-order valence-electron chi connectivity index (χ1n) is 9.10. The first-order chi connectivity index (χ1) is 11.6. The van der Waals surface area contributed by atoms with Crippen LogP contribution in [0, 0.1) is 0 Å². The van der Waals surface area contributed by atoms with Crippen LogP contribution >= 0.6 is 12.4 Å². The monoisotopic (exact) mass is 367 g/mol. The van der Waals surface area contributed by atoms with Crippen molar-refractivity contribution in [3.63, 3.8) is 0 Å². The quantitative estimate of drug-likeness (QED) is 0.864. The highest BCUT2D eigenvalue weighted by molar-refractivity contribution is 5.85. The van der Waals surface area contributed by atoms with E-state index in [0.29, 0.717) is 12.5 Å². The molecule has 5 nitrogen and oxygen atoms in total. The average Bonchev–Trinajstić information content (AvgIpc) is 3.07. The van der Waals surface area contributed by atoms with Crippen LogP contribution in [0.2, 0.25) is 0 Å². The normalized spacial score (nSPS) is 21.2. The smallest absolute Gasteiger partial charge is 0.227 e. The number of carbonyl (C=O) groups excluding carboxylic acids is 1. The van der Waals surface area contributed by atoms with Crippen LogP contribution in [0.5, 0.6) is 5.75 Å². The summed E-state index contributed by atoms with van der Waals surface area (Å²) >= 11 is 0. The van der Waals surface area contributed by atoms with E-state index in [0.717, 1.165) is 57.0 Å². The van der Waals surface area contributed by atoms with Crippen LogP contribution < -0.4 is 10.1 Å². The first kappa shape index (κ1) is 20.0. The lowest BCUT2D eigenvalue weighted by atomic mass is 10.1. The van der Waals surface area contributed by atoms with Crippen LogP contribution in [-0.2, 0) is 11.2 Å². The second-order valence-corrected chi connectivity index (χ2v) is 7.02. The molecule has 1 aromatic rings. The lowest BCUT2D eigenvalue weighted by Crippen LogP contribution is -2.49. The van der Waals surface area contributed by atoms with Crippen LogP contribution in [0.25, 0.3) is 0 Å². The minimum Gasteiger partial charge on any atom is -0.491 e. The highest BCUT2D eigenvalue weighted by Crippen LogP contribution is 2.22. The van der Waals surface area contributed by atoms with Gasteiger partial charge in [-0.3, -0.25) is 9.69 Å². The molecule has 1 aromatic carbocycles. The van der Waals surface area contributed by atoms with Gasteiger partial charge in [0.15, 0.2) is 0 Å². The summed E-state index contributed by atoms with van der Waals surface area (Å²) in [5.41, 5.74) is 0.988. The van der Waals surface area contributed by atoms with E-state index in [2.05, 4.69) is 10.2 Å². The van der Waals surface area contributed by atoms with Crippen LogP contribution in [0.15, 0.2) is 24.3 Å². The molecule has 2 fully saturated rings. The second kappa shape index (κ2) is 9.41. The molecule has 0 radical (unpaired) electrons. The molecule has 6 heteroatoms. The van der Waals surface area contributed by atoms with E-state index in [1.807, 2.05) is 43.0 Å². The van der Waals surface area contributed by atoms with Gasteiger partial charge in [-0.05, 0) is 26.3 Å². The van der Waals surface area contributed by atoms with E-state index in [4.69, 9.17) is 4.74 Å². The minimum atomic E-state index is 0. The number of ether oxygens (including phenoxy) is 1. The van der Waals surface area contributed by atoms with Crippen LogP contribution in [-0.4, -0.2) is 67.1 Å². The number of amides is 1. The Kier molecular flexibility index (Phi) is 7.54. The van der Waals surface area contributed by atoms with Crippen molar-refractivity contribution in [1.82, 2.24) is 15.1 Å². The Hall–Kier alpha value is -1.30. The van der Waals surface area contributed by atoms with Gasteiger partial charge in [0.1, 0.15) is 5.75 Å². The topological polar surface area (TPSA) is 44.8 Å². The van der Waals surface area contributed by atoms with Crippen molar-refractivity contribution in [2.45, 2.75) is 38.8 Å². The summed E-state index contributed by atoms with van der Waals surface area (Å²) in [5, 5.41) is 3.39. The Morgan fingerprint density at radius 3 is 2.68 bits per heavy atom. The summed E-state index contributed by atoms with van der Waals surface area (Å²) in [4.78, 5) is 17.3. The van der Waals surface area contributed by atoms with E-state index in [1.165, 1.54) is 0 Å². The summed E-state index contributed by atoms with van der Waals surface area (Å²) in [6.07, 6.45) is 1.64. The van der Waals surface area contributed by atoms with Crippen molar-refractivity contribution in [2.24, 2.45) is 0 Å². The lowest BCUT2D eigenvalue weighted by molar-refractivity contribution is -0.129. The molecular formula is C19H30ClN3O2. The van der Waals surface area contributed by atoms with E-state index < -0.39 is 0 Å². The zero-order valence-electron chi connectivity index (χ0n) is 15.2. The van der Waals surface area contributed by atoms with Crippen LogP contribution in [0.4, 0.5) is 0 Å². The SMILES string of the molecule is CC(C)Oc1ccccc1CC(=O)N1CCC(N2CCNCC2)C1.Cl. The average molecular weight is 368 g/mol. The van der Waals surface area contributed by atoms with E-state index in [-0.39, 0.29) is 24.4 Å². The highest BCUT2D eigenvalue weighted by atomic mass is 35.5. The van der Waals surface area contributed by atoms with Gasteiger partial charge < -0.3 is 15.0 Å². The van der Waals surface area contributed by atoms with Gasteiger partial charge in [0, 0.05) is 50.9 Å². The molecule has 25 heavy (non-hydrogen) atoms. The van der Waals surface area contributed by atoms with Gasteiger partial charge in [0.2, 0.25) is 5.91 Å². The summed E-state index contributed by atoms with van der Waals surface area (Å²) in [7, 11) is 0. The van der Waals surface area contributed by atoms with Crippen molar-refractivity contribution in [1.29, 1.82) is 0 Å². The maximum atomic E-state index is 12.7. The van der Waals surface area contributed by atoms with E-state index >= 15 is 0 Å². The number of benzene rings is 1. The fraction of sp³-hybridized carbons (Fsp3) is 0.632. The number of hydrogen-bond donors (Lipinski definition) is 1. The van der Waals surface area contributed by atoms with Crippen molar-refractivity contribution in [3.8, 4) is 5.75 Å². The van der Waals surface area contributed by atoms with Gasteiger partial charge in [-0.2, -0.15) is 0 Å². The molecule has 1 amide bonds. The van der Waals surface area contributed by atoms with Gasteiger partial charge in [-0.15, -0.1) is 12.4 Å². The molecule has 0 aliphatic carbocycles. The predicted octanol–water partition coefficient (Wildman–Crippen LogP) is 1.94. The number of likely N-dealkylation sites (tertiary alicyclic amines) is 1. The number of nitrogens with one attached hydrogen (secondary N) is 1. The largest absolute Gasteiger partial charge is 0.491 e. The molecule has 0 saturated carbocycles. The van der Waals surface area contributed by atoms with Gasteiger partial charge in [0.05, 0.1) is 12.5 Å². The molecule has 2 heterocycles. The second-order valence-electron chi connectivity index (χ2n) is 7.02. The van der Waals surface area contributed by atoms with Crippen LogP contribution in [0.3, 0.4) is 0 Å². The summed E-state index contributed by atoms with van der Waals surface area (Å²) in [6, 6.07) is 8.42. The van der Waals surface area contributed by atoms with Crippen molar-refractivity contribution in [3.05, 3.63) is 29.8 Å². The molecule has 140 valence electrons. The third kappa shape index (κ3) is 5.33. The standard InChI is InChI=1S/C19H29N3O2.ClH/c1-15(2)24-18-6-4-3-5-16(18)13-19(23)22-10-7-17(14-22)21-11-8-20-9-12-21;/h3-6,15,17,20H,7-14H2,1-2H3;1H. The predicted molar refractivity (Wildman–Crippen MR) is 103 cm³/mol. The van der Waals surface area contributed by atoms with Gasteiger partial charge in [0.25, 0.3) is 0 Å². The van der Waals surface area contributed by atoms with Crippen molar-refractivity contribution >= 4 is 18.3 Å². The molecule has 0 aromatic heterocycles. The Morgan fingerprint density at radius 2 is 1.96 bits per heavy atom. The van der Waals surface area contributed by atoms with Crippen molar-refractivity contribution < 1.29 is 9.53 Å². The fourth-order valence-electron chi connectivity index (χ4n) is 3.61. The molecule has 1 N–H and O–H groups in total. The number of halogens is 1. The summed E-state index contributed by atoms with van der Waals surface area (Å²) < 4.78 is 5.84. The fourth-order valence-corrected chi connectivity index (χ4v) is 3.61. The zero-order valence-corrected chi connectivity index (χ0v) is 16.1. The molecule has 2 aliphatic rings. The number of para-hydroxylation sites is 1. The van der Waals surface area contributed by atoms with Crippen molar-refractivity contribution in [2.75, 3.05) is 39.3 Å². The molecular weight excluding hydrogens is 338 g/mol. The molecule has 1 atom stereocenters. The number of piperazine rings is 1. The maximum absolute atomic E-state index is 12.7. The Balaban J connectivity index is 0.00000225. The summed E-state index contributed by atoms with van der Waals surface area (Å²) in [6.45, 7) is 10.1. The Bertz CT molecular complexity index is 561. The highest BCUT2D eigenvalue weighted by Gasteiger charge is 2.31. The third-order valence-electron chi connectivity index (χ3n) is 4.86. The number of carbonyl (C=O) groups is 1. The molecule has 3 rings (SSSR count). The first-order valence-corrected chi connectivity index (χ1v) is 9.10. The number of rotatable bonds is 5. The van der Waals surface area contributed by atoms with Gasteiger partial charge in [-0.1, -0.05) is 18.2 Å². The maximum Gasteiger partial charge on any atom is 0.227 e. The number of hydrogen-bond acceptors (Lipinski definition) is 4. The lowest BCUT2D eigenvalue weighted by Gasteiger charge is -2.32.